The number of hydrogen-bond acceptors (Lipinski definition) is 3. The Balaban J connectivity index is 2.08. The molecule has 1 N–H and O–H groups in total. The van der Waals surface area contributed by atoms with Crippen LogP contribution in [0.1, 0.15) is 38.8 Å². The zero-order valence-corrected chi connectivity index (χ0v) is 9.83. The van der Waals surface area contributed by atoms with E-state index in [2.05, 4.69) is 30.2 Å². The molecule has 0 bridgehead atoms. The van der Waals surface area contributed by atoms with Crippen molar-refractivity contribution in [2.45, 2.75) is 39.2 Å². The lowest BCUT2D eigenvalue weighted by Crippen LogP contribution is -2.18. The zero-order chi connectivity index (χ0) is 11.6. The van der Waals surface area contributed by atoms with Crippen LogP contribution in [-0.2, 0) is 0 Å². The Morgan fingerprint density at radius 1 is 1.56 bits per heavy atom. The largest absolute Gasteiger partial charge is 0.380 e. The first-order chi connectivity index (χ1) is 7.61. The third-order valence-electron chi connectivity index (χ3n) is 3.24. The van der Waals surface area contributed by atoms with Gasteiger partial charge in [-0.05, 0) is 36.8 Å². The van der Waals surface area contributed by atoms with Crippen LogP contribution in [0.15, 0.2) is 18.3 Å². The summed E-state index contributed by atoms with van der Waals surface area (Å²) in [6.07, 6.45) is 5.23. The number of pyridine rings is 1. The number of rotatable bonds is 2. The topological polar surface area (TPSA) is 48.7 Å². The van der Waals surface area contributed by atoms with Crippen molar-refractivity contribution >= 4 is 5.69 Å². The second-order valence-electron chi connectivity index (χ2n) is 5.26. The number of nitrogens with one attached hydrogen (secondary N) is 1. The van der Waals surface area contributed by atoms with E-state index < -0.39 is 0 Å². The van der Waals surface area contributed by atoms with Gasteiger partial charge in [0.15, 0.2) is 5.69 Å². The van der Waals surface area contributed by atoms with Crippen LogP contribution in [0.4, 0.5) is 5.69 Å². The molecule has 1 aromatic rings. The molecule has 0 saturated heterocycles. The number of hydrogen-bond donors (Lipinski definition) is 1. The Morgan fingerprint density at radius 3 is 3.00 bits per heavy atom. The highest BCUT2D eigenvalue weighted by molar-refractivity contribution is 5.53. The SMILES string of the molecule is CC1(C)CCC(Nc2cccnc2C#N)C1. The van der Waals surface area contributed by atoms with Crippen LogP contribution in [0.2, 0.25) is 0 Å². The van der Waals surface area contributed by atoms with Crippen molar-refractivity contribution in [2.24, 2.45) is 5.41 Å². The molecule has 1 fully saturated rings. The first-order valence-corrected chi connectivity index (χ1v) is 5.72. The van der Waals surface area contributed by atoms with Gasteiger partial charge in [-0.3, -0.25) is 0 Å². The molecule has 16 heavy (non-hydrogen) atoms. The molecule has 1 atom stereocenters. The van der Waals surface area contributed by atoms with E-state index in [1.807, 2.05) is 12.1 Å². The molecule has 0 amide bonds. The number of anilines is 1. The van der Waals surface area contributed by atoms with Crippen LogP contribution in [0.25, 0.3) is 0 Å². The van der Waals surface area contributed by atoms with Crippen LogP contribution in [0.3, 0.4) is 0 Å². The fourth-order valence-electron chi connectivity index (χ4n) is 2.39. The van der Waals surface area contributed by atoms with E-state index in [9.17, 15) is 0 Å². The van der Waals surface area contributed by atoms with Crippen LogP contribution >= 0.6 is 0 Å². The second-order valence-corrected chi connectivity index (χ2v) is 5.26. The molecule has 0 aliphatic heterocycles. The number of nitrogens with zero attached hydrogens (tertiary/aromatic N) is 2. The maximum Gasteiger partial charge on any atom is 0.163 e. The van der Waals surface area contributed by atoms with Crippen molar-refractivity contribution in [1.29, 1.82) is 5.26 Å². The lowest BCUT2D eigenvalue weighted by atomic mass is 9.92. The first-order valence-electron chi connectivity index (χ1n) is 5.72. The summed E-state index contributed by atoms with van der Waals surface area (Å²) in [6.45, 7) is 4.59. The van der Waals surface area contributed by atoms with Crippen molar-refractivity contribution in [1.82, 2.24) is 4.98 Å². The molecule has 1 heterocycles. The summed E-state index contributed by atoms with van der Waals surface area (Å²) in [7, 11) is 0. The lowest BCUT2D eigenvalue weighted by molar-refractivity contribution is 0.378. The average Bonchev–Trinajstić information content (AvgIpc) is 2.59. The van der Waals surface area contributed by atoms with Gasteiger partial charge in [-0.15, -0.1) is 0 Å². The zero-order valence-electron chi connectivity index (χ0n) is 9.83. The summed E-state index contributed by atoms with van der Waals surface area (Å²) in [5.74, 6) is 0. The Kier molecular flexibility index (Phi) is 2.82. The Bertz CT molecular complexity index is 417. The highest BCUT2D eigenvalue weighted by Gasteiger charge is 2.30. The van der Waals surface area contributed by atoms with Crippen molar-refractivity contribution in [2.75, 3.05) is 5.32 Å². The van der Waals surface area contributed by atoms with Gasteiger partial charge in [0.05, 0.1) is 5.69 Å². The minimum Gasteiger partial charge on any atom is -0.380 e. The van der Waals surface area contributed by atoms with Crippen LogP contribution < -0.4 is 5.32 Å². The van der Waals surface area contributed by atoms with Crippen molar-refractivity contribution in [3.05, 3.63) is 24.0 Å². The van der Waals surface area contributed by atoms with Gasteiger partial charge < -0.3 is 5.32 Å². The minimum absolute atomic E-state index is 0.423. The third-order valence-corrected chi connectivity index (χ3v) is 3.24. The van der Waals surface area contributed by atoms with E-state index in [1.54, 1.807) is 6.20 Å². The van der Waals surface area contributed by atoms with E-state index in [4.69, 9.17) is 5.26 Å². The minimum atomic E-state index is 0.423. The Morgan fingerprint density at radius 2 is 2.38 bits per heavy atom. The van der Waals surface area contributed by atoms with Crippen molar-refractivity contribution < 1.29 is 0 Å². The molecular weight excluding hydrogens is 198 g/mol. The smallest absolute Gasteiger partial charge is 0.163 e. The lowest BCUT2D eigenvalue weighted by Gasteiger charge is -2.18. The fourth-order valence-corrected chi connectivity index (χ4v) is 2.39. The first kappa shape index (κ1) is 10.9. The molecule has 1 aromatic heterocycles. The van der Waals surface area contributed by atoms with E-state index in [0.717, 1.165) is 12.1 Å². The van der Waals surface area contributed by atoms with Crippen LogP contribution in [-0.4, -0.2) is 11.0 Å². The van der Waals surface area contributed by atoms with Gasteiger partial charge in [-0.25, -0.2) is 4.98 Å². The molecule has 1 saturated carbocycles. The highest BCUT2D eigenvalue weighted by Crippen LogP contribution is 2.38. The van der Waals surface area contributed by atoms with Crippen molar-refractivity contribution in [3.8, 4) is 6.07 Å². The summed E-state index contributed by atoms with van der Waals surface area (Å²) >= 11 is 0. The maximum absolute atomic E-state index is 8.94. The normalized spacial score (nSPS) is 22.7. The summed E-state index contributed by atoms with van der Waals surface area (Å²) < 4.78 is 0. The Labute approximate surface area is 96.5 Å². The highest BCUT2D eigenvalue weighted by atomic mass is 14.9. The molecule has 1 aliphatic rings. The van der Waals surface area contributed by atoms with Gasteiger partial charge in [-0.2, -0.15) is 5.26 Å². The van der Waals surface area contributed by atoms with Crippen LogP contribution in [0, 0.1) is 16.7 Å². The second kappa shape index (κ2) is 4.13. The van der Waals surface area contributed by atoms with E-state index in [0.29, 0.717) is 17.2 Å². The van der Waals surface area contributed by atoms with E-state index in [1.165, 1.54) is 12.8 Å². The number of nitriles is 1. The van der Waals surface area contributed by atoms with Crippen LogP contribution in [0.5, 0.6) is 0 Å². The fraction of sp³-hybridized carbons (Fsp3) is 0.538. The number of aromatic nitrogens is 1. The molecule has 0 radical (unpaired) electrons. The summed E-state index contributed by atoms with van der Waals surface area (Å²) in [5, 5.41) is 12.4. The summed E-state index contributed by atoms with van der Waals surface area (Å²) in [4.78, 5) is 4.05. The molecular formula is C13H17N3. The molecule has 3 nitrogen and oxygen atoms in total. The standard InChI is InChI=1S/C13H17N3/c1-13(2)6-5-10(8-13)16-11-4-3-7-15-12(11)9-14/h3-4,7,10,16H,5-6,8H2,1-2H3. The Hall–Kier alpha value is -1.56. The van der Waals surface area contributed by atoms with E-state index in [-0.39, 0.29) is 0 Å². The molecule has 1 aliphatic carbocycles. The van der Waals surface area contributed by atoms with Crippen molar-refractivity contribution in [3.63, 3.8) is 0 Å². The maximum atomic E-state index is 8.94. The van der Waals surface area contributed by atoms with Gasteiger partial charge in [0.25, 0.3) is 0 Å². The average molecular weight is 215 g/mol. The molecule has 3 heteroatoms. The predicted octanol–water partition coefficient (Wildman–Crippen LogP) is 2.94. The predicted molar refractivity (Wildman–Crippen MR) is 64.0 cm³/mol. The van der Waals surface area contributed by atoms with Gasteiger partial charge in [0, 0.05) is 12.2 Å². The molecule has 2 rings (SSSR count). The molecule has 0 spiro atoms. The third kappa shape index (κ3) is 2.33. The van der Waals surface area contributed by atoms with Gasteiger partial charge in [0.2, 0.25) is 0 Å². The molecule has 84 valence electrons. The molecule has 1 unspecified atom stereocenters. The summed E-state index contributed by atoms with van der Waals surface area (Å²) in [5.41, 5.74) is 1.78. The monoisotopic (exact) mass is 215 g/mol. The van der Waals surface area contributed by atoms with E-state index >= 15 is 0 Å². The quantitative estimate of drug-likeness (QED) is 0.825. The van der Waals surface area contributed by atoms with Gasteiger partial charge in [-0.1, -0.05) is 13.8 Å². The van der Waals surface area contributed by atoms with Gasteiger partial charge in [0.1, 0.15) is 6.07 Å². The molecule has 0 aromatic carbocycles. The van der Waals surface area contributed by atoms with Gasteiger partial charge >= 0.3 is 0 Å². The summed E-state index contributed by atoms with van der Waals surface area (Å²) in [6, 6.07) is 6.39.